The molecular formula is C42H57N3O9. The molecule has 0 radical (unpaired) electrons. The van der Waals surface area contributed by atoms with E-state index in [1.54, 1.807) is 0 Å². The van der Waals surface area contributed by atoms with Gasteiger partial charge in [-0.3, -0.25) is 0 Å². The average Bonchev–Trinajstić information content (AvgIpc) is 3.18. The summed E-state index contributed by atoms with van der Waals surface area (Å²) in [5, 5.41) is 29.3. The molecule has 12 heteroatoms. The molecule has 0 fully saturated rings. The molecule has 0 aliphatic heterocycles. The van der Waals surface area contributed by atoms with E-state index in [0.29, 0.717) is 88.5 Å². The van der Waals surface area contributed by atoms with Crippen LogP contribution in [0.3, 0.4) is 0 Å². The quantitative estimate of drug-likeness (QED) is 0.0610. The Kier molecular flexibility index (Phi) is 17.1. The summed E-state index contributed by atoms with van der Waals surface area (Å²) in [6.45, 7) is 13.3. The van der Waals surface area contributed by atoms with Crippen LogP contribution in [0.5, 0.6) is 34.5 Å². The van der Waals surface area contributed by atoms with Crippen LogP contribution in [0.4, 0.5) is 0 Å². The second kappa shape index (κ2) is 21.9. The molecule has 0 bridgehead atoms. The van der Waals surface area contributed by atoms with Crippen molar-refractivity contribution >= 4 is 0 Å². The van der Waals surface area contributed by atoms with Crippen LogP contribution >= 0.6 is 0 Å². The van der Waals surface area contributed by atoms with E-state index in [2.05, 4.69) is 20.8 Å². The van der Waals surface area contributed by atoms with Crippen molar-refractivity contribution in [1.82, 2.24) is 15.0 Å². The SMILES string of the molecule is CCCCOc1ccc(-c2nc(-c3ccc(OCCCC)c(C)c3OCCO)nc(-c3ccc(OCCCC)c(C)c3OCCO)n2)c(OCCO)c1C. The first-order chi connectivity index (χ1) is 26.3. The Labute approximate surface area is 319 Å². The lowest BCUT2D eigenvalue weighted by molar-refractivity contribution is 0.200. The van der Waals surface area contributed by atoms with Gasteiger partial charge in [0.15, 0.2) is 17.5 Å². The second-order valence-corrected chi connectivity index (χ2v) is 12.8. The van der Waals surface area contributed by atoms with Crippen LogP contribution in [0, 0.1) is 20.8 Å². The number of unbranched alkanes of at least 4 members (excludes halogenated alkanes) is 3. The highest BCUT2D eigenvalue weighted by Crippen LogP contribution is 2.43. The Balaban J connectivity index is 2.02. The number of hydrogen-bond acceptors (Lipinski definition) is 12. The molecule has 1 aromatic heterocycles. The molecular weight excluding hydrogens is 690 g/mol. The maximum atomic E-state index is 9.76. The Bertz CT molecular complexity index is 1570. The number of aromatic nitrogens is 3. The molecule has 0 saturated heterocycles. The summed E-state index contributed by atoms with van der Waals surface area (Å²) < 4.78 is 36.8. The van der Waals surface area contributed by atoms with Gasteiger partial charge in [-0.25, -0.2) is 15.0 Å². The first kappa shape index (κ1) is 42.1. The second-order valence-electron chi connectivity index (χ2n) is 12.8. The zero-order chi connectivity index (χ0) is 38.9. The fourth-order valence-electron chi connectivity index (χ4n) is 5.74. The predicted molar refractivity (Wildman–Crippen MR) is 209 cm³/mol. The Morgan fingerprint density at radius 2 is 0.685 bits per heavy atom. The van der Waals surface area contributed by atoms with Crippen LogP contribution in [-0.4, -0.2) is 89.7 Å². The van der Waals surface area contributed by atoms with Gasteiger partial charge in [0, 0.05) is 16.7 Å². The van der Waals surface area contributed by atoms with Gasteiger partial charge in [-0.05, 0) is 76.4 Å². The van der Waals surface area contributed by atoms with Crippen molar-refractivity contribution in [3.05, 3.63) is 53.1 Å². The minimum Gasteiger partial charge on any atom is -0.493 e. The van der Waals surface area contributed by atoms with Crippen LogP contribution in [0.25, 0.3) is 34.2 Å². The molecule has 3 aromatic carbocycles. The Morgan fingerprint density at radius 1 is 0.407 bits per heavy atom. The molecule has 4 rings (SSSR count). The normalized spacial score (nSPS) is 11.1. The molecule has 0 spiro atoms. The van der Waals surface area contributed by atoms with E-state index >= 15 is 0 Å². The van der Waals surface area contributed by atoms with E-state index < -0.39 is 0 Å². The minimum atomic E-state index is -0.192. The van der Waals surface area contributed by atoms with Crippen LogP contribution in [-0.2, 0) is 0 Å². The van der Waals surface area contributed by atoms with Gasteiger partial charge < -0.3 is 43.7 Å². The molecule has 1 heterocycles. The van der Waals surface area contributed by atoms with Crippen LogP contribution in [0.15, 0.2) is 36.4 Å². The number of hydrogen-bond donors (Lipinski definition) is 3. The van der Waals surface area contributed by atoms with Crippen molar-refractivity contribution in [3.63, 3.8) is 0 Å². The standard InChI is InChI=1S/C42H57N3O9/c1-7-10-22-49-34-16-13-31(37(28(34)4)52-25-19-46)40-43-41(32-14-17-35(50-23-11-8-2)29(5)38(32)53-26-20-47)45-42(44-40)33-15-18-36(51-24-12-9-3)30(6)39(33)54-27-21-48/h13-18,46-48H,7-12,19-27H2,1-6H3. The maximum Gasteiger partial charge on any atom is 0.167 e. The van der Waals surface area contributed by atoms with Gasteiger partial charge in [-0.1, -0.05) is 40.0 Å². The third-order valence-corrected chi connectivity index (χ3v) is 8.71. The highest BCUT2D eigenvalue weighted by Gasteiger charge is 2.24. The van der Waals surface area contributed by atoms with Crippen molar-refractivity contribution < 1.29 is 43.7 Å². The number of aliphatic hydroxyl groups excluding tert-OH is 3. The number of benzene rings is 3. The Morgan fingerprint density at radius 3 is 0.926 bits per heavy atom. The van der Waals surface area contributed by atoms with Gasteiger partial charge in [0.05, 0.1) is 56.3 Å². The fourth-order valence-corrected chi connectivity index (χ4v) is 5.74. The number of ether oxygens (including phenoxy) is 6. The van der Waals surface area contributed by atoms with Gasteiger partial charge in [0.25, 0.3) is 0 Å². The van der Waals surface area contributed by atoms with E-state index in [0.717, 1.165) is 55.2 Å². The summed E-state index contributed by atoms with van der Waals surface area (Å²) in [4.78, 5) is 15.0. The van der Waals surface area contributed by atoms with E-state index in [4.69, 9.17) is 43.4 Å². The molecule has 0 aliphatic carbocycles. The lowest BCUT2D eigenvalue weighted by Crippen LogP contribution is -2.10. The van der Waals surface area contributed by atoms with Gasteiger partial charge in [0.1, 0.15) is 54.3 Å². The molecule has 54 heavy (non-hydrogen) atoms. The van der Waals surface area contributed by atoms with E-state index in [-0.39, 0.29) is 39.6 Å². The number of aliphatic hydroxyl groups is 3. The summed E-state index contributed by atoms with van der Waals surface area (Å²) in [5.74, 6) is 4.31. The monoisotopic (exact) mass is 747 g/mol. The summed E-state index contributed by atoms with van der Waals surface area (Å²) in [6.07, 6.45) is 5.68. The first-order valence-corrected chi connectivity index (χ1v) is 19.1. The molecule has 12 nitrogen and oxygen atoms in total. The van der Waals surface area contributed by atoms with Crippen molar-refractivity contribution in [2.45, 2.75) is 80.1 Å². The van der Waals surface area contributed by atoms with Crippen LogP contribution in [0.2, 0.25) is 0 Å². The molecule has 0 saturated carbocycles. The van der Waals surface area contributed by atoms with E-state index in [1.807, 2.05) is 57.2 Å². The predicted octanol–water partition coefficient (Wildman–Crippen LogP) is 7.45. The van der Waals surface area contributed by atoms with Crippen molar-refractivity contribution in [2.24, 2.45) is 0 Å². The summed E-state index contributed by atoms with van der Waals surface area (Å²) >= 11 is 0. The van der Waals surface area contributed by atoms with Gasteiger partial charge in [-0.2, -0.15) is 0 Å². The van der Waals surface area contributed by atoms with E-state index in [9.17, 15) is 15.3 Å². The molecule has 0 amide bonds. The topological polar surface area (TPSA) is 155 Å². The summed E-state index contributed by atoms with van der Waals surface area (Å²) in [6, 6.07) is 11.2. The smallest absolute Gasteiger partial charge is 0.167 e. The van der Waals surface area contributed by atoms with Crippen LogP contribution in [0.1, 0.15) is 76.0 Å². The Hall–Kier alpha value is -4.65. The molecule has 0 unspecified atom stereocenters. The number of rotatable bonds is 24. The third kappa shape index (κ3) is 10.7. The highest BCUT2D eigenvalue weighted by atomic mass is 16.5. The fraction of sp³-hybridized carbons (Fsp3) is 0.500. The van der Waals surface area contributed by atoms with E-state index in [1.165, 1.54) is 0 Å². The highest BCUT2D eigenvalue weighted by molar-refractivity contribution is 5.77. The molecule has 4 aromatic rings. The molecule has 294 valence electrons. The molecule has 3 N–H and O–H groups in total. The number of nitrogens with zero attached hydrogens (tertiary/aromatic N) is 3. The summed E-state index contributed by atoms with van der Waals surface area (Å²) in [7, 11) is 0. The van der Waals surface area contributed by atoms with Crippen molar-refractivity contribution in [1.29, 1.82) is 0 Å². The largest absolute Gasteiger partial charge is 0.493 e. The van der Waals surface area contributed by atoms with Crippen molar-refractivity contribution in [2.75, 3.05) is 59.5 Å². The molecule has 0 aliphatic rings. The van der Waals surface area contributed by atoms with Gasteiger partial charge in [-0.15, -0.1) is 0 Å². The lowest BCUT2D eigenvalue weighted by atomic mass is 10.0. The average molecular weight is 748 g/mol. The van der Waals surface area contributed by atoms with Crippen LogP contribution < -0.4 is 28.4 Å². The van der Waals surface area contributed by atoms with Gasteiger partial charge in [0.2, 0.25) is 0 Å². The summed E-state index contributed by atoms with van der Waals surface area (Å²) in [5.41, 5.74) is 3.93. The maximum absolute atomic E-state index is 9.76. The first-order valence-electron chi connectivity index (χ1n) is 19.1. The van der Waals surface area contributed by atoms with Gasteiger partial charge >= 0.3 is 0 Å². The molecule has 0 atom stereocenters. The zero-order valence-electron chi connectivity index (χ0n) is 32.7. The lowest BCUT2D eigenvalue weighted by Gasteiger charge is -2.20. The zero-order valence-corrected chi connectivity index (χ0v) is 32.7. The van der Waals surface area contributed by atoms with Crippen molar-refractivity contribution in [3.8, 4) is 68.7 Å². The third-order valence-electron chi connectivity index (χ3n) is 8.71. The minimum absolute atomic E-state index is 0.0483.